The van der Waals surface area contributed by atoms with Crippen LogP contribution in [0.25, 0.3) is 0 Å². The molecule has 0 bridgehead atoms. The van der Waals surface area contributed by atoms with Crippen molar-refractivity contribution in [2.24, 2.45) is 0 Å². The summed E-state index contributed by atoms with van der Waals surface area (Å²) in [5.74, 6) is -0.145. The van der Waals surface area contributed by atoms with Crippen molar-refractivity contribution < 1.29 is 9.53 Å². The number of carbonyl (C=O) groups excluding carboxylic acids is 1. The van der Waals surface area contributed by atoms with Crippen LogP contribution in [0.2, 0.25) is 0 Å². The molecule has 21 heavy (non-hydrogen) atoms. The first-order valence-corrected chi connectivity index (χ1v) is 7.94. The molecule has 0 amide bonds. The third kappa shape index (κ3) is 5.87. The lowest BCUT2D eigenvalue weighted by atomic mass is 9.94. The Labute approximate surface area is 128 Å². The molecule has 1 heterocycles. The van der Waals surface area contributed by atoms with Crippen molar-refractivity contribution in [3.63, 3.8) is 0 Å². The number of nitrogens with one attached hydrogen (secondary N) is 1. The number of aryl methyl sites for hydroxylation is 2. The van der Waals surface area contributed by atoms with Crippen molar-refractivity contribution in [1.29, 1.82) is 0 Å². The largest absolute Gasteiger partial charge is 0.465 e. The zero-order valence-electron chi connectivity index (χ0n) is 13.8. The summed E-state index contributed by atoms with van der Waals surface area (Å²) in [5.41, 5.74) is 0.461. The predicted molar refractivity (Wildman–Crippen MR) is 84.1 cm³/mol. The van der Waals surface area contributed by atoms with Gasteiger partial charge in [0.05, 0.1) is 12.3 Å². The van der Waals surface area contributed by atoms with Gasteiger partial charge in [0.1, 0.15) is 5.54 Å². The van der Waals surface area contributed by atoms with Gasteiger partial charge in [-0.3, -0.25) is 9.48 Å². The van der Waals surface area contributed by atoms with Gasteiger partial charge < -0.3 is 10.1 Å². The summed E-state index contributed by atoms with van der Waals surface area (Å²) in [5, 5.41) is 7.70. The van der Waals surface area contributed by atoms with Gasteiger partial charge in [0.15, 0.2) is 0 Å². The third-order valence-corrected chi connectivity index (χ3v) is 3.58. The Bertz CT molecular complexity index is 431. The highest BCUT2D eigenvalue weighted by molar-refractivity contribution is 5.80. The number of unbranched alkanes of at least 4 members (excludes halogenated alkanes) is 1. The van der Waals surface area contributed by atoms with E-state index in [0.717, 1.165) is 44.5 Å². The molecule has 0 aliphatic carbocycles. The quantitative estimate of drug-likeness (QED) is 0.532. The van der Waals surface area contributed by atoms with E-state index in [1.165, 1.54) is 0 Å². The SMILES string of the molecule is CCCNC(C)(CCCCn1ccc(C)n1)C(=O)OCC. The lowest BCUT2D eigenvalue weighted by Gasteiger charge is -2.28. The highest BCUT2D eigenvalue weighted by atomic mass is 16.5. The lowest BCUT2D eigenvalue weighted by molar-refractivity contribution is -0.150. The van der Waals surface area contributed by atoms with Gasteiger partial charge in [-0.25, -0.2) is 0 Å². The fourth-order valence-corrected chi connectivity index (χ4v) is 2.29. The molecule has 5 heteroatoms. The van der Waals surface area contributed by atoms with E-state index < -0.39 is 5.54 Å². The maximum atomic E-state index is 12.1. The Hall–Kier alpha value is -1.36. The molecule has 1 aromatic rings. The van der Waals surface area contributed by atoms with E-state index in [1.54, 1.807) is 0 Å². The molecule has 0 aliphatic rings. The standard InChI is InChI=1S/C16H29N3O2/c1-5-11-17-16(4,15(20)21-6-2)10-7-8-12-19-13-9-14(3)18-19/h9,13,17H,5-8,10-12H2,1-4H3. The summed E-state index contributed by atoms with van der Waals surface area (Å²) < 4.78 is 7.16. The number of aromatic nitrogens is 2. The summed E-state index contributed by atoms with van der Waals surface area (Å²) >= 11 is 0. The van der Waals surface area contributed by atoms with E-state index in [4.69, 9.17) is 4.74 Å². The van der Waals surface area contributed by atoms with Crippen LogP contribution in [0.3, 0.4) is 0 Å². The fraction of sp³-hybridized carbons (Fsp3) is 0.750. The van der Waals surface area contributed by atoms with Crippen LogP contribution in [0.1, 0.15) is 52.1 Å². The third-order valence-electron chi connectivity index (χ3n) is 3.58. The number of esters is 1. The first-order valence-electron chi connectivity index (χ1n) is 7.94. The minimum Gasteiger partial charge on any atom is -0.465 e. The average Bonchev–Trinajstić information content (AvgIpc) is 2.87. The Balaban J connectivity index is 2.43. The van der Waals surface area contributed by atoms with E-state index in [0.29, 0.717) is 6.61 Å². The van der Waals surface area contributed by atoms with Crippen molar-refractivity contribution in [2.75, 3.05) is 13.2 Å². The Morgan fingerprint density at radius 3 is 2.76 bits per heavy atom. The molecule has 0 radical (unpaired) electrons. The topological polar surface area (TPSA) is 56.2 Å². The number of nitrogens with zero attached hydrogens (tertiary/aromatic N) is 2. The van der Waals surface area contributed by atoms with Crippen molar-refractivity contribution in [3.05, 3.63) is 18.0 Å². The van der Waals surface area contributed by atoms with Crippen LogP contribution in [0.4, 0.5) is 0 Å². The minimum atomic E-state index is -0.577. The van der Waals surface area contributed by atoms with Crippen molar-refractivity contribution >= 4 is 5.97 Å². The number of hydrogen-bond donors (Lipinski definition) is 1. The first-order chi connectivity index (χ1) is 10.0. The van der Waals surface area contributed by atoms with Gasteiger partial charge >= 0.3 is 5.97 Å². The minimum absolute atomic E-state index is 0.145. The first kappa shape index (κ1) is 17.7. The van der Waals surface area contributed by atoms with Crippen LogP contribution in [0.5, 0.6) is 0 Å². The van der Waals surface area contributed by atoms with Crippen LogP contribution in [0, 0.1) is 6.92 Å². The van der Waals surface area contributed by atoms with Crippen molar-refractivity contribution in [1.82, 2.24) is 15.1 Å². The second kappa shape index (κ2) is 8.82. The van der Waals surface area contributed by atoms with Crippen molar-refractivity contribution in [2.45, 2.75) is 65.5 Å². The normalized spacial score (nSPS) is 13.9. The van der Waals surface area contributed by atoms with Crippen LogP contribution >= 0.6 is 0 Å². The smallest absolute Gasteiger partial charge is 0.326 e. The lowest BCUT2D eigenvalue weighted by Crippen LogP contribution is -2.50. The molecule has 1 unspecified atom stereocenters. The highest BCUT2D eigenvalue weighted by Gasteiger charge is 2.33. The van der Waals surface area contributed by atoms with Gasteiger partial charge in [-0.05, 0) is 59.1 Å². The van der Waals surface area contributed by atoms with Crippen LogP contribution in [0.15, 0.2) is 12.3 Å². The second-order valence-corrected chi connectivity index (χ2v) is 5.66. The maximum absolute atomic E-state index is 12.1. The van der Waals surface area contributed by atoms with Crippen molar-refractivity contribution in [3.8, 4) is 0 Å². The number of carbonyl (C=O) groups is 1. The van der Waals surface area contributed by atoms with Gasteiger partial charge in [0.2, 0.25) is 0 Å². The van der Waals surface area contributed by atoms with E-state index >= 15 is 0 Å². The summed E-state index contributed by atoms with van der Waals surface area (Å²) in [6.45, 7) is 10.0. The molecule has 0 spiro atoms. The summed E-state index contributed by atoms with van der Waals surface area (Å²) in [6, 6.07) is 2.01. The molecule has 1 rings (SSSR count). The Morgan fingerprint density at radius 2 is 2.19 bits per heavy atom. The van der Waals surface area contributed by atoms with E-state index in [9.17, 15) is 4.79 Å². The van der Waals surface area contributed by atoms with E-state index in [-0.39, 0.29) is 5.97 Å². The van der Waals surface area contributed by atoms with Gasteiger partial charge in [-0.15, -0.1) is 0 Å². The molecule has 1 aromatic heterocycles. The molecule has 0 fully saturated rings. The van der Waals surface area contributed by atoms with Crippen LogP contribution in [-0.2, 0) is 16.1 Å². The second-order valence-electron chi connectivity index (χ2n) is 5.66. The Morgan fingerprint density at radius 1 is 1.43 bits per heavy atom. The fourth-order valence-electron chi connectivity index (χ4n) is 2.29. The molecule has 0 saturated carbocycles. The summed E-state index contributed by atoms with van der Waals surface area (Å²) in [6.07, 6.45) is 5.75. The summed E-state index contributed by atoms with van der Waals surface area (Å²) in [7, 11) is 0. The van der Waals surface area contributed by atoms with E-state index in [2.05, 4.69) is 17.3 Å². The molecular formula is C16H29N3O2. The molecular weight excluding hydrogens is 266 g/mol. The molecule has 0 aliphatic heterocycles. The van der Waals surface area contributed by atoms with Gasteiger partial charge in [-0.2, -0.15) is 5.10 Å². The number of ether oxygens (including phenoxy) is 1. The predicted octanol–water partition coefficient (Wildman–Crippen LogP) is 2.68. The van der Waals surface area contributed by atoms with Gasteiger partial charge in [0, 0.05) is 12.7 Å². The van der Waals surface area contributed by atoms with Gasteiger partial charge in [-0.1, -0.05) is 6.92 Å². The zero-order valence-corrected chi connectivity index (χ0v) is 13.8. The average molecular weight is 295 g/mol. The number of rotatable bonds is 10. The molecule has 1 atom stereocenters. The van der Waals surface area contributed by atoms with E-state index in [1.807, 2.05) is 37.7 Å². The molecule has 0 aromatic carbocycles. The zero-order chi connectivity index (χ0) is 15.7. The molecule has 1 N–H and O–H groups in total. The van der Waals surface area contributed by atoms with Gasteiger partial charge in [0.25, 0.3) is 0 Å². The number of hydrogen-bond acceptors (Lipinski definition) is 4. The molecule has 120 valence electrons. The maximum Gasteiger partial charge on any atom is 0.326 e. The Kier molecular flexibility index (Phi) is 7.43. The molecule has 0 saturated heterocycles. The highest BCUT2D eigenvalue weighted by Crippen LogP contribution is 2.17. The molecule has 5 nitrogen and oxygen atoms in total. The summed E-state index contributed by atoms with van der Waals surface area (Å²) in [4.78, 5) is 12.1. The monoisotopic (exact) mass is 295 g/mol. The van der Waals surface area contributed by atoms with Crippen LogP contribution in [-0.4, -0.2) is 34.4 Å². The van der Waals surface area contributed by atoms with Crippen LogP contribution < -0.4 is 5.32 Å².